The summed E-state index contributed by atoms with van der Waals surface area (Å²) in [6.45, 7) is 0. The predicted octanol–water partition coefficient (Wildman–Crippen LogP) is 4.03. The molecule has 2 unspecified atom stereocenters. The van der Waals surface area contributed by atoms with Crippen molar-refractivity contribution in [2.75, 3.05) is 5.32 Å². The fraction of sp³-hybridized carbons (Fsp3) is 0.538. The number of benzene rings is 1. The van der Waals surface area contributed by atoms with E-state index in [1.807, 2.05) is 0 Å². The van der Waals surface area contributed by atoms with Crippen molar-refractivity contribution in [3.05, 3.63) is 22.7 Å². The van der Waals surface area contributed by atoms with Gasteiger partial charge in [-0.15, -0.1) is 13.2 Å². The van der Waals surface area contributed by atoms with Crippen molar-refractivity contribution in [2.45, 2.75) is 44.1 Å². The van der Waals surface area contributed by atoms with Crippen LogP contribution in [0.3, 0.4) is 0 Å². The third-order valence-corrected chi connectivity index (χ3v) is 3.74. The summed E-state index contributed by atoms with van der Waals surface area (Å²) >= 11 is 3.14. The summed E-state index contributed by atoms with van der Waals surface area (Å²) < 4.78 is 41.8. The Morgan fingerprint density at radius 1 is 1.30 bits per heavy atom. The molecule has 0 saturated heterocycles. The van der Waals surface area contributed by atoms with Gasteiger partial charge in [0.15, 0.2) is 5.75 Å². The number of alkyl halides is 3. The fourth-order valence-corrected chi connectivity index (χ4v) is 2.74. The third-order valence-electron chi connectivity index (χ3n) is 3.24. The molecule has 0 aliphatic heterocycles. The van der Waals surface area contributed by atoms with Crippen molar-refractivity contribution >= 4 is 21.6 Å². The van der Waals surface area contributed by atoms with E-state index in [-0.39, 0.29) is 17.8 Å². The zero-order valence-electron chi connectivity index (χ0n) is 10.7. The average molecular weight is 353 g/mol. The molecular weight excluding hydrogens is 337 g/mol. The van der Waals surface area contributed by atoms with E-state index in [9.17, 15) is 13.2 Å². The molecule has 0 spiro atoms. The summed E-state index contributed by atoms with van der Waals surface area (Å²) in [4.78, 5) is 0. The van der Waals surface area contributed by atoms with Gasteiger partial charge in [0.2, 0.25) is 0 Å². The Labute approximate surface area is 123 Å². The number of nitrogens with one attached hydrogen (secondary N) is 1. The molecule has 3 N–H and O–H groups in total. The Balaban J connectivity index is 2.13. The number of hydrogen-bond acceptors (Lipinski definition) is 3. The Kier molecular flexibility index (Phi) is 4.80. The SMILES string of the molecule is NC1CCCC(Nc2ccc(Br)cc2OC(F)(F)F)C1. The van der Waals surface area contributed by atoms with Crippen LogP contribution >= 0.6 is 15.9 Å². The second-order valence-electron chi connectivity index (χ2n) is 4.96. The van der Waals surface area contributed by atoms with Gasteiger partial charge in [-0.05, 0) is 43.9 Å². The molecular formula is C13H16BrF3N2O. The van der Waals surface area contributed by atoms with E-state index in [1.54, 1.807) is 12.1 Å². The molecule has 0 amide bonds. The van der Waals surface area contributed by atoms with Gasteiger partial charge in [-0.25, -0.2) is 0 Å². The van der Waals surface area contributed by atoms with Gasteiger partial charge in [-0.2, -0.15) is 0 Å². The number of nitrogens with two attached hydrogens (primary N) is 1. The zero-order chi connectivity index (χ0) is 14.8. The van der Waals surface area contributed by atoms with Gasteiger partial charge in [0.25, 0.3) is 0 Å². The Hall–Kier alpha value is -0.950. The van der Waals surface area contributed by atoms with Crippen molar-refractivity contribution < 1.29 is 17.9 Å². The van der Waals surface area contributed by atoms with Crippen molar-refractivity contribution in [1.82, 2.24) is 0 Å². The molecule has 112 valence electrons. The molecule has 1 aromatic rings. The Morgan fingerprint density at radius 2 is 2.05 bits per heavy atom. The smallest absolute Gasteiger partial charge is 0.404 e. The summed E-state index contributed by atoms with van der Waals surface area (Å²) in [5.41, 5.74) is 6.22. The van der Waals surface area contributed by atoms with E-state index in [0.29, 0.717) is 10.2 Å². The van der Waals surface area contributed by atoms with Crippen LogP contribution < -0.4 is 15.8 Å². The molecule has 2 atom stereocenters. The summed E-state index contributed by atoms with van der Waals surface area (Å²) in [6.07, 6.45) is -1.12. The summed E-state index contributed by atoms with van der Waals surface area (Å²) in [5, 5.41) is 3.10. The van der Waals surface area contributed by atoms with E-state index in [2.05, 4.69) is 26.0 Å². The normalized spacial score (nSPS) is 23.4. The fourth-order valence-electron chi connectivity index (χ4n) is 2.40. The van der Waals surface area contributed by atoms with Gasteiger partial charge in [-0.3, -0.25) is 0 Å². The topological polar surface area (TPSA) is 47.3 Å². The maximum atomic E-state index is 12.4. The van der Waals surface area contributed by atoms with Crippen LogP contribution in [0.25, 0.3) is 0 Å². The van der Waals surface area contributed by atoms with Crippen LogP contribution in [-0.2, 0) is 0 Å². The van der Waals surface area contributed by atoms with E-state index >= 15 is 0 Å². The second kappa shape index (κ2) is 6.22. The first-order valence-electron chi connectivity index (χ1n) is 6.41. The predicted molar refractivity (Wildman–Crippen MR) is 74.7 cm³/mol. The first-order chi connectivity index (χ1) is 9.33. The van der Waals surface area contributed by atoms with Crippen LogP contribution in [-0.4, -0.2) is 18.4 Å². The average Bonchev–Trinajstić information content (AvgIpc) is 2.31. The van der Waals surface area contributed by atoms with Crippen LogP contribution in [0.5, 0.6) is 5.75 Å². The minimum atomic E-state index is -4.71. The lowest BCUT2D eigenvalue weighted by Gasteiger charge is -2.29. The highest BCUT2D eigenvalue weighted by molar-refractivity contribution is 9.10. The number of anilines is 1. The van der Waals surface area contributed by atoms with Gasteiger partial charge in [-0.1, -0.05) is 15.9 Å². The quantitative estimate of drug-likeness (QED) is 0.863. The highest BCUT2D eigenvalue weighted by Gasteiger charge is 2.32. The molecule has 3 nitrogen and oxygen atoms in total. The van der Waals surface area contributed by atoms with E-state index in [1.165, 1.54) is 6.07 Å². The standard InChI is InChI=1S/C13H16BrF3N2O/c14-8-4-5-11(12(6-8)20-13(15,16)17)19-10-3-1-2-9(18)7-10/h4-6,9-10,19H,1-3,7,18H2. The maximum absolute atomic E-state index is 12.4. The van der Waals surface area contributed by atoms with E-state index < -0.39 is 6.36 Å². The summed E-state index contributed by atoms with van der Waals surface area (Å²) in [5.74, 6) is -0.231. The van der Waals surface area contributed by atoms with E-state index in [4.69, 9.17) is 5.73 Å². The maximum Gasteiger partial charge on any atom is 0.573 e. The Morgan fingerprint density at radius 3 is 2.70 bits per heavy atom. The number of halogens is 4. The van der Waals surface area contributed by atoms with E-state index in [0.717, 1.165) is 25.7 Å². The minimum absolute atomic E-state index is 0.0792. The molecule has 2 rings (SSSR count). The van der Waals surface area contributed by atoms with Gasteiger partial charge in [0, 0.05) is 16.6 Å². The molecule has 0 aromatic heterocycles. The van der Waals surface area contributed by atoms with Crippen LogP contribution in [0.15, 0.2) is 22.7 Å². The molecule has 0 heterocycles. The van der Waals surface area contributed by atoms with Crippen LogP contribution in [0, 0.1) is 0 Å². The van der Waals surface area contributed by atoms with Crippen molar-refractivity contribution in [2.24, 2.45) is 5.73 Å². The third kappa shape index (κ3) is 4.56. The summed E-state index contributed by atoms with van der Waals surface area (Å²) in [6, 6.07) is 4.73. The first-order valence-corrected chi connectivity index (χ1v) is 7.20. The van der Waals surface area contributed by atoms with Crippen molar-refractivity contribution in [3.63, 3.8) is 0 Å². The van der Waals surface area contributed by atoms with Crippen molar-refractivity contribution in [1.29, 1.82) is 0 Å². The van der Waals surface area contributed by atoms with Gasteiger partial charge < -0.3 is 15.8 Å². The molecule has 1 aliphatic rings. The largest absolute Gasteiger partial charge is 0.573 e. The molecule has 1 fully saturated rings. The van der Waals surface area contributed by atoms with Crippen LogP contribution in [0.1, 0.15) is 25.7 Å². The number of rotatable bonds is 3. The lowest BCUT2D eigenvalue weighted by atomic mass is 9.91. The molecule has 1 saturated carbocycles. The van der Waals surface area contributed by atoms with Gasteiger partial charge in [0.1, 0.15) is 0 Å². The highest BCUT2D eigenvalue weighted by atomic mass is 79.9. The molecule has 1 aromatic carbocycles. The second-order valence-corrected chi connectivity index (χ2v) is 5.87. The van der Waals surface area contributed by atoms with Crippen molar-refractivity contribution in [3.8, 4) is 5.75 Å². The number of hydrogen-bond donors (Lipinski definition) is 2. The summed E-state index contributed by atoms with van der Waals surface area (Å²) in [7, 11) is 0. The number of ether oxygens (including phenoxy) is 1. The zero-order valence-corrected chi connectivity index (χ0v) is 12.3. The lowest BCUT2D eigenvalue weighted by molar-refractivity contribution is -0.274. The first kappa shape index (κ1) is 15.4. The van der Waals surface area contributed by atoms with Crippen LogP contribution in [0.4, 0.5) is 18.9 Å². The lowest BCUT2D eigenvalue weighted by Crippen LogP contribution is -2.35. The molecule has 0 radical (unpaired) electrons. The van der Waals surface area contributed by atoms with Gasteiger partial charge in [0.05, 0.1) is 5.69 Å². The Bertz CT molecular complexity index is 467. The molecule has 0 bridgehead atoms. The minimum Gasteiger partial charge on any atom is -0.404 e. The molecule has 7 heteroatoms. The molecule has 20 heavy (non-hydrogen) atoms. The van der Waals surface area contributed by atoms with Crippen LogP contribution in [0.2, 0.25) is 0 Å². The highest BCUT2D eigenvalue weighted by Crippen LogP contribution is 2.34. The monoisotopic (exact) mass is 352 g/mol. The molecule has 1 aliphatic carbocycles. The van der Waals surface area contributed by atoms with Gasteiger partial charge >= 0.3 is 6.36 Å².